The van der Waals surface area contributed by atoms with E-state index >= 15 is 0 Å². The number of aromatic nitrogens is 2. The first kappa shape index (κ1) is 16.5. The van der Waals surface area contributed by atoms with Gasteiger partial charge in [-0.15, -0.1) is 0 Å². The highest BCUT2D eigenvalue weighted by Gasteiger charge is 2.27. The second-order valence-electron chi connectivity index (χ2n) is 5.99. The van der Waals surface area contributed by atoms with Crippen LogP contribution in [0, 0.1) is 0 Å². The van der Waals surface area contributed by atoms with E-state index in [4.69, 9.17) is 16.3 Å². The summed E-state index contributed by atoms with van der Waals surface area (Å²) in [6.45, 7) is 0.818. The van der Waals surface area contributed by atoms with Crippen molar-refractivity contribution in [3.8, 4) is 11.4 Å². The molecule has 0 aliphatic carbocycles. The number of fused-ring (bicyclic) bond motifs is 1. The van der Waals surface area contributed by atoms with Crippen molar-refractivity contribution in [3.05, 3.63) is 77.3 Å². The van der Waals surface area contributed by atoms with E-state index in [2.05, 4.69) is 15.6 Å². The van der Waals surface area contributed by atoms with Gasteiger partial charge in [-0.3, -0.25) is 0 Å². The lowest BCUT2D eigenvalue weighted by molar-refractivity contribution is 0.231. The van der Waals surface area contributed by atoms with E-state index in [9.17, 15) is 4.79 Å². The molecule has 1 unspecified atom stereocenters. The van der Waals surface area contributed by atoms with Crippen LogP contribution in [0.4, 0.5) is 4.79 Å². The Morgan fingerprint density at radius 3 is 2.88 bits per heavy atom. The van der Waals surface area contributed by atoms with Crippen LogP contribution in [0.1, 0.15) is 17.2 Å². The molecule has 0 fully saturated rings. The first-order valence-electron chi connectivity index (χ1n) is 8.23. The Balaban J connectivity index is 1.33. The van der Waals surface area contributed by atoms with E-state index in [1.807, 2.05) is 47.2 Å². The minimum atomic E-state index is -0.245. The first-order chi connectivity index (χ1) is 12.7. The summed E-state index contributed by atoms with van der Waals surface area (Å²) in [7, 11) is 0. The molecule has 1 aliphatic rings. The van der Waals surface area contributed by atoms with Gasteiger partial charge in [-0.25, -0.2) is 9.78 Å². The number of amides is 2. The molecular weight excluding hydrogens is 352 g/mol. The number of hydrogen-bond donors (Lipinski definition) is 2. The highest BCUT2D eigenvalue weighted by atomic mass is 35.5. The summed E-state index contributed by atoms with van der Waals surface area (Å²) in [6.07, 6.45) is 5.36. The Bertz CT molecular complexity index is 910. The summed E-state index contributed by atoms with van der Waals surface area (Å²) >= 11 is 6.10. The Morgan fingerprint density at radius 1 is 1.27 bits per heavy atom. The molecule has 3 aromatic rings. The molecular formula is C19H17ClN4O2. The minimum absolute atomic E-state index is 0.202. The molecule has 2 aromatic carbocycles. The lowest BCUT2D eigenvalue weighted by atomic mass is 10.1. The number of ether oxygens (including phenoxy) is 1. The number of carbonyl (C=O) groups excluding carboxylic acids is 1. The summed E-state index contributed by atoms with van der Waals surface area (Å²) in [5, 5.41) is 6.35. The van der Waals surface area contributed by atoms with Crippen molar-refractivity contribution < 1.29 is 9.53 Å². The Labute approximate surface area is 155 Å². The molecule has 1 aliphatic heterocycles. The molecule has 2 amide bonds. The number of hydrogen-bond acceptors (Lipinski definition) is 3. The molecule has 1 aromatic heterocycles. The largest absolute Gasteiger partial charge is 0.489 e. The molecule has 26 heavy (non-hydrogen) atoms. The summed E-state index contributed by atoms with van der Waals surface area (Å²) < 4.78 is 7.50. The van der Waals surface area contributed by atoms with Crippen molar-refractivity contribution in [1.82, 2.24) is 20.2 Å². The van der Waals surface area contributed by atoms with E-state index < -0.39 is 0 Å². The molecule has 0 spiro atoms. The fourth-order valence-electron chi connectivity index (χ4n) is 2.92. The van der Waals surface area contributed by atoms with Gasteiger partial charge < -0.3 is 19.9 Å². The number of nitrogens with one attached hydrogen (secondary N) is 2. The van der Waals surface area contributed by atoms with E-state index in [-0.39, 0.29) is 12.1 Å². The third-order valence-electron chi connectivity index (χ3n) is 4.26. The van der Waals surface area contributed by atoms with Crippen molar-refractivity contribution in [2.45, 2.75) is 12.6 Å². The van der Waals surface area contributed by atoms with Crippen molar-refractivity contribution in [3.63, 3.8) is 0 Å². The van der Waals surface area contributed by atoms with Crippen molar-refractivity contribution in [2.75, 3.05) is 6.61 Å². The highest BCUT2D eigenvalue weighted by Crippen LogP contribution is 2.37. The maximum absolute atomic E-state index is 12.2. The summed E-state index contributed by atoms with van der Waals surface area (Å²) in [5.74, 6) is 0.648. The highest BCUT2D eigenvalue weighted by molar-refractivity contribution is 6.32. The number of halogens is 1. The maximum Gasteiger partial charge on any atom is 0.315 e. The van der Waals surface area contributed by atoms with E-state index in [1.54, 1.807) is 18.6 Å². The van der Waals surface area contributed by atoms with E-state index in [1.165, 1.54) is 0 Å². The number of para-hydroxylation sites is 1. The predicted octanol–water partition coefficient (Wildman–Crippen LogP) is 3.46. The molecule has 0 saturated carbocycles. The van der Waals surface area contributed by atoms with Crippen LogP contribution in [0.25, 0.3) is 5.69 Å². The van der Waals surface area contributed by atoms with Crippen LogP contribution in [0.5, 0.6) is 5.75 Å². The Kier molecular flexibility index (Phi) is 4.50. The van der Waals surface area contributed by atoms with Gasteiger partial charge in [0.1, 0.15) is 12.4 Å². The lowest BCUT2D eigenvalue weighted by Crippen LogP contribution is -2.38. The van der Waals surface area contributed by atoms with Gasteiger partial charge in [0.25, 0.3) is 0 Å². The zero-order chi connectivity index (χ0) is 17.9. The molecule has 132 valence electrons. The van der Waals surface area contributed by atoms with E-state index in [0.717, 1.165) is 16.8 Å². The smallest absolute Gasteiger partial charge is 0.315 e. The first-order valence-corrected chi connectivity index (χ1v) is 8.61. The fraction of sp³-hybridized carbons (Fsp3) is 0.158. The molecule has 2 N–H and O–H groups in total. The van der Waals surface area contributed by atoms with Gasteiger partial charge in [-0.1, -0.05) is 35.9 Å². The molecule has 0 saturated heterocycles. The predicted molar refractivity (Wildman–Crippen MR) is 98.6 cm³/mol. The Hall–Kier alpha value is -2.99. The van der Waals surface area contributed by atoms with Gasteiger partial charge in [0.2, 0.25) is 0 Å². The van der Waals surface area contributed by atoms with Gasteiger partial charge in [0, 0.05) is 30.2 Å². The van der Waals surface area contributed by atoms with E-state index in [0.29, 0.717) is 23.9 Å². The second kappa shape index (κ2) is 7.09. The van der Waals surface area contributed by atoms with Crippen LogP contribution in [-0.2, 0) is 6.54 Å². The SMILES string of the molecule is O=C(NCc1ccc(-n2ccnc2)cc1)NC1COc2c(Cl)cccc21. The fourth-order valence-corrected chi connectivity index (χ4v) is 3.15. The normalized spacial score (nSPS) is 15.2. The number of urea groups is 1. The van der Waals surface area contributed by atoms with Crippen molar-refractivity contribution >= 4 is 17.6 Å². The van der Waals surface area contributed by atoms with Gasteiger partial charge in [-0.05, 0) is 23.8 Å². The summed E-state index contributed by atoms with van der Waals surface area (Å²) in [6, 6.07) is 13.0. The lowest BCUT2D eigenvalue weighted by Gasteiger charge is -2.13. The molecule has 4 rings (SSSR count). The Morgan fingerprint density at radius 2 is 2.12 bits per heavy atom. The van der Waals surface area contributed by atoms with Crippen LogP contribution in [0.3, 0.4) is 0 Å². The number of nitrogens with zero attached hydrogens (tertiary/aromatic N) is 2. The third kappa shape index (κ3) is 3.36. The zero-order valence-electron chi connectivity index (χ0n) is 13.9. The topological polar surface area (TPSA) is 68.2 Å². The van der Waals surface area contributed by atoms with Gasteiger partial charge >= 0.3 is 6.03 Å². The van der Waals surface area contributed by atoms with Crippen LogP contribution in [0.15, 0.2) is 61.2 Å². The molecule has 6 nitrogen and oxygen atoms in total. The van der Waals surface area contributed by atoms with Crippen molar-refractivity contribution in [1.29, 1.82) is 0 Å². The monoisotopic (exact) mass is 368 g/mol. The van der Waals surface area contributed by atoms with Crippen LogP contribution < -0.4 is 15.4 Å². The van der Waals surface area contributed by atoms with Crippen LogP contribution in [0.2, 0.25) is 5.02 Å². The van der Waals surface area contributed by atoms with Crippen molar-refractivity contribution in [2.24, 2.45) is 0 Å². The average Bonchev–Trinajstić information content (AvgIpc) is 3.32. The maximum atomic E-state index is 12.2. The number of imidazole rings is 1. The number of carbonyl (C=O) groups is 1. The van der Waals surface area contributed by atoms with Crippen LogP contribution >= 0.6 is 11.6 Å². The number of benzene rings is 2. The summed E-state index contributed by atoms with van der Waals surface area (Å²) in [5.41, 5.74) is 2.93. The second-order valence-corrected chi connectivity index (χ2v) is 6.39. The average molecular weight is 369 g/mol. The molecule has 2 heterocycles. The third-order valence-corrected chi connectivity index (χ3v) is 4.56. The molecule has 0 bridgehead atoms. The summed E-state index contributed by atoms with van der Waals surface area (Å²) in [4.78, 5) is 16.2. The van der Waals surface area contributed by atoms with Gasteiger partial charge in [0.05, 0.1) is 17.4 Å². The zero-order valence-corrected chi connectivity index (χ0v) is 14.6. The van der Waals surface area contributed by atoms with Crippen LogP contribution in [-0.4, -0.2) is 22.2 Å². The quantitative estimate of drug-likeness (QED) is 0.741. The molecule has 1 atom stereocenters. The number of rotatable bonds is 4. The minimum Gasteiger partial charge on any atom is -0.489 e. The molecule has 0 radical (unpaired) electrons. The molecule has 7 heteroatoms. The van der Waals surface area contributed by atoms with Gasteiger partial charge in [-0.2, -0.15) is 0 Å². The standard InChI is InChI=1S/C19H17ClN4O2/c20-16-3-1-2-15-17(11-26-18(15)16)23-19(25)22-10-13-4-6-14(7-5-13)24-9-8-21-12-24/h1-9,12,17H,10-11H2,(H2,22,23,25). The van der Waals surface area contributed by atoms with Gasteiger partial charge in [0.15, 0.2) is 0 Å².